The van der Waals surface area contributed by atoms with Crippen molar-refractivity contribution < 1.29 is 28.2 Å². The minimum absolute atomic E-state index is 0.243. The number of ether oxygens (including phenoxy) is 2. The first-order valence-electron chi connectivity index (χ1n) is 9.50. The van der Waals surface area contributed by atoms with Gasteiger partial charge in [0.15, 0.2) is 0 Å². The van der Waals surface area contributed by atoms with Gasteiger partial charge in [-0.05, 0) is 55.3 Å². The van der Waals surface area contributed by atoms with Crippen LogP contribution in [0.15, 0.2) is 60.7 Å². The van der Waals surface area contributed by atoms with Crippen LogP contribution in [-0.4, -0.2) is 22.8 Å². The van der Waals surface area contributed by atoms with Crippen LogP contribution in [0.25, 0.3) is 11.1 Å². The SMILES string of the molecule is CC1(C)Oc2cc(OC(=O)c3ccc(-c4ccc(F)cc4F)cc3)ccc2CC1O. The monoisotopic (exact) mass is 410 g/mol. The minimum Gasteiger partial charge on any atom is -0.485 e. The Morgan fingerprint density at radius 1 is 1.07 bits per heavy atom. The molecule has 1 heterocycles. The van der Waals surface area contributed by atoms with E-state index in [2.05, 4.69) is 0 Å². The number of fused-ring (bicyclic) bond motifs is 1. The quantitative estimate of drug-likeness (QED) is 0.492. The Morgan fingerprint density at radius 2 is 1.80 bits per heavy atom. The summed E-state index contributed by atoms with van der Waals surface area (Å²) in [4.78, 5) is 12.5. The molecular weight excluding hydrogens is 390 g/mol. The summed E-state index contributed by atoms with van der Waals surface area (Å²) >= 11 is 0. The predicted molar refractivity (Wildman–Crippen MR) is 108 cm³/mol. The van der Waals surface area contributed by atoms with Gasteiger partial charge in [-0.15, -0.1) is 0 Å². The molecule has 0 saturated heterocycles. The fraction of sp³-hybridized carbons (Fsp3) is 0.208. The van der Waals surface area contributed by atoms with Gasteiger partial charge in [0.05, 0.1) is 11.7 Å². The number of benzene rings is 3. The third-order valence-electron chi connectivity index (χ3n) is 5.20. The lowest BCUT2D eigenvalue weighted by atomic mass is 9.91. The van der Waals surface area contributed by atoms with E-state index in [1.807, 2.05) is 0 Å². The number of carbonyl (C=O) groups excluding carboxylic acids is 1. The molecule has 3 aromatic carbocycles. The summed E-state index contributed by atoms with van der Waals surface area (Å²) in [5.41, 5.74) is 1.16. The van der Waals surface area contributed by atoms with Gasteiger partial charge in [0.25, 0.3) is 0 Å². The Hall–Kier alpha value is -3.25. The molecule has 6 heteroatoms. The maximum atomic E-state index is 13.9. The van der Waals surface area contributed by atoms with Crippen LogP contribution in [0.3, 0.4) is 0 Å². The topological polar surface area (TPSA) is 55.8 Å². The zero-order valence-electron chi connectivity index (χ0n) is 16.5. The molecule has 4 nitrogen and oxygen atoms in total. The van der Waals surface area contributed by atoms with Crippen LogP contribution in [0.2, 0.25) is 0 Å². The van der Waals surface area contributed by atoms with E-state index in [1.54, 1.807) is 44.2 Å². The van der Waals surface area contributed by atoms with Crippen molar-refractivity contribution in [1.29, 1.82) is 0 Å². The number of rotatable bonds is 3. The van der Waals surface area contributed by atoms with Gasteiger partial charge >= 0.3 is 5.97 Å². The lowest BCUT2D eigenvalue weighted by molar-refractivity contribution is -0.0412. The Bertz CT molecular complexity index is 1110. The molecule has 0 amide bonds. The van der Waals surface area contributed by atoms with Crippen LogP contribution in [0.5, 0.6) is 11.5 Å². The van der Waals surface area contributed by atoms with Crippen LogP contribution in [0, 0.1) is 11.6 Å². The van der Waals surface area contributed by atoms with E-state index in [-0.39, 0.29) is 11.1 Å². The molecule has 1 unspecified atom stereocenters. The molecule has 0 spiro atoms. The first kappa shape index (κ1) is 20.0. The minimum atomic E-state index is -0.735. The Morgan fingerprint density at radius 3 is 2.50 bits per heavy atom. The third-order valence-corrected chi connectivity index (χ3v) is 5.20. The van der Waals surface area contributed by atoms with E-state index in [0.29, 0.717) is 23.5 Å². The number of carbonyl (C=O) groups is 1. The van der Waals surface area contributed by atoms with Gasteiger partial charge in [-0.3, -0.25) is 0 Å². The number of hydrogen-bond acceptors (Lipinski definition) is 4. The number of aliphatic hydroxyl groups is 1. The number of halogens is 2. The van der Waals surface area contributed by atoms with Crippen molar-refractivity contribution in [2.75, 3.05) is 0 Å². The second-order valence-corrected chi connectivity index (χ2v) is 7.79. The van der Waals surface area contributed by atoms with E-state index in [9.17, 15) is 18.7 Å². The Kier molecular flexibility index (Phi) is 5.03. The van der Waals surface area contributed by atoms with Crippen molar-refractivity contribution in [3.8, 4) is 22.6 Å². The molecule has 4 rings (SSSR count). The molecule has 0 aromatic heterocycles. The molecule has 1 aliphatic rings. The lowest BCUT2D eigenvalue weighted by Crippen LogP contribution is -2.46. The maximum Gasteiger partial charge on any atom is 0.343 e. The van der Waals surface area contributed by atoms with Crippen LogP contribution in [-0.2, 0) is 6.42 Å². The first-order chi connectivity index (χ1) is 14.2. The van der Waals surface area contributed by atoms with Gasteiger partial charge in [0.2, 0.25) is 0 Å². The third kappa shape index (κ3) is 3.91. The smallest absolute Gasteiger partial charge is 0.343 e. The average Bonchev–Trinajstić information content (AvgIpc) is 2.69. The summed E-state index contributed by atoms with van der Waals surface area (Å²) in [5.74, 6) is -1.01. The molecule has 1 aliphatic heterocycles. The molecular formula is C24H20F2O4. The van der Waals surface area contributed by atoms with Crippen molar-refractivity contribution in [2.24, 2.45) is 0 Å². The fourth-order valence-corrected chi connectivity index (χ4v) is 3.34. The summed E-state index contributed by atoms with van der Waals surface area (Å²) in [6, 6.07) is 14.6. The highest BCUT2D eigenvalue weighted by atomic mass is 19.1. The zero-order valence-corrected chi connectivity index (χ0v) is 16.5. The molecule has 0 radical (unpaired) electrons. The van der Waals surface area contributed by atoms with Gasteiger partial charge in [0.1, 0.15) is 28.7 Å². The van der Waals surface area contributed by atoms with E-state index in [0.717, 1.165) is 11.6 Å². The lowest BCUT2D eigenvalue weighted by Gasteiger charge is -2.37. The molecule has 3 aromatic rings. The van der Waals surface area contributed by atoms with Crippen LogP contribution < -0.4 is 9.47 Å². The van der Waals surface area contributed by atoms with Gasteiger partial charge in [-0.2, -0.15) is 0 Å². The summed E-state index contributed by atoms with van der Waals surface area (Å²) in [6.07, 6.45) is -0.166. The number of hydrogen-bond donors (Lipinski definition) is 1. The number of aliphatic hydroxyl groups excluding tert-OH is 1. The summed E-state index contributed by atoms with van der Waals surface area (Å²) in [5, 5.41) is 10.1. The van der Waals surface area contributed by atoms with E-state index in [4.69, 9.17) is 9.47 Å². The number of esters is 1. The maximum absolute atomic E-state index is 13.9. The van der Waals surface area contributed by atoms with E-state index < -0.39 is 29.3 Å². The largest absolute Gasteiger partial charge is 0.485 e. The fourth-order valence-electron chi connectivity index (χ4n) is 3.34. The molecule has 0 bridgehead atoms. The average molecular weight is 410 g/mol. The summed E-state index contributed by atoms with van der Waals surface area (Å²) < 4.78 is 38.3. The molecule has 1 N–H and O–H groups in total. The standard InChI is InChI=1S/C24H20F2O4/c1-24(2)22(27)11-16-7-9-18(13-21(16)30-24)29-23(28)15-5-3-14(4-6-15)19-10-8-17(25)12-20(19)26/h3-10,12-13,22,27H,11H2,1-2H3. The molecule has 30 heavy (non-hydrogen) atoms. The summed E-state index contributed by atoms with van der Waals surface area (Å²) in [7, 11) is 0. The van der Waals surface area contributed by atoms with Crippen molar-refractivity contribution >= 4 is 5.97 Å². The highest BCUT2D eigenvalue weighted by Crippen LogP contribution is 2.36. The van der Waals surface area contributed by atoms with Crippen LogP contribution >= 0.6 is 0 Å². The zero-order chi connectivity index (χ0) is 21.5. The van der Waals surface area contributed by atoms with Crippen molar-refractivity contribution in [3.05, 3.63) is 83.4 Å². The summed E-state index contributed by atoms with van der Waals surface area (Å²) in [6.45, 7) is 3.59. The van der Waals surface area contributed by atoms with Crippen molar-refractivity contribution in [1.82, 2.24) is 0 Å². The highest BCUT2D eigenvalue weighted by Gasteiger charge is 2.35. The first-order valence-corrected chi connectivity index (χ1v) is 9.50. The second-order valence-electron chi connectivity index (χ2n) is 7.79. The predicted octanol–water partition coefficient (Wildman–Crippen LogP) is 4.93. The van der Waals surface area contributed by atoms with Crippen molar-refractivity contribution in [3.63, 3.8) is 0 Å². The van der Waals surface area contributed by atoms with Gasteiger partial charge in [-0.25, -0.2) is 13.6 Å². The molecule has 1 atom stereocenters. The van der Waals surface area contributed by atoms with E-state index in [1.165, 1.54) is 24.3 Å². The van der Waals surface area contributed by atoms with E-state index >= 15 is 0 Å². The van der Waals surface area contributed by atoms with Gasteiger partial charge in [0, 0.05) is 24.1 Å². The highest BCUT2D eigenvalue weighted by molar-refractivity contribution is 5.91. The molecule has 154 valence electrons. The van der Waals surface area contributed by atoms with Gasteiger partial charge in [-0.1, -0.05) is 18.2 Å². The van der Waals surface area contributed by atoms with Gasteiger partial charge < -0.3 is 14.6 Å². The van der Waals surface area contributed by atoms with Crippen LogP contribution in [0.1, 0.15) is 29.8 Å². The van der Waals surface area contributed by atoms with Crippen molar-refractivity contribution in [2.45, 2.75) is 32.0 Å². The Labute approximate surface area is 172 Å². The molecule has 0 fully saturated rings. The second kappa shape index (κ2) is 7.54. The molecule has 0 saturated carbocycles. The Balaban J connectivity index is 1.51. The molecule has 0 aliphatic carbocycles. The normalized spacial score (nSPS) is 17.0. The van der Waals surface area contributed by atoms with Crippen LogP contribution in [0.4, 0.5) is 8.78 Å².